The minimum atomic E-state index is 0.692. The van der Waals surface area contributed by atoms with Crippen molar-refractivity contribution in [2.24, 2.45) is 0 Å². The molecule has 30 heavy (non-hydrogen) atoms. The highest BCUT2D eigenvalue weighted by molar-refractivity contribution is 6.05. The SMILES string of the molecule is COc1ccc(-c2cc(-c3[nH]c4c(OC)cccc4c3-c3ccccc3)no2)cc1. The zero-order valence-corrected chi connectivity index (χ0v) is 16.7. The van der Waals surface area contributed by atoms with Crippen molar-refractivity contribution in [3.63, 3.8) is 0 Å². The second-order valence-electron chi connectivity index (χ2n) is 6.93. The lowest BCUT2D eigenvalue weighted by atomic mass is 10.00. The number of methoxy groups -OCH3 is 2. The van der Waals surface area contributed by atoms with E-state index in [1.54, 1.807) is 14.2 Å². The topological polar surface area (TPSA) is 60.3 Å². The molecular weight excluding hydrogens is 376 g/mol. The number of H-pyrrole nitrogens is 1. The normalized spacial score (nSPS) is 11.0. The van der Waals surface area contributed by atoms with Gasteiger partial charge in [0.2, 0.25) is 0 Å². The molecule has 0 spiro atoms. The highest BCUT2D eigenvalue weighted by Gasteiger charge is 2.20. The Bertz CT molecular complexity index is 1300. The number of nitrogens with zero attached hydrogens (tertiary/aromatic N) is 1. The number of hydrogen-bond donors (Lipinski definition) is 1. The lowest BCUT2D eigenvalue weighted by Crippen LogP contribution is -1.83. The van der Waals surface area contributed by atoms with E-state index >= 15 is 0 Å². The second-order valence-corrected chi connectivity index (χ2v) is 6.93. The monoisotopic (exact) mass is 396 g/mol. The average Bonchev–Trinajstić information content (AvgIpc) is 3.44. The Labute approximate surface area is 173 Å². The van der Waals surface area contributed by atoms with Crippen molar-refractivity contribution >= 4 is 10.9 Å². The van der Waals surface area contributed by atoms with E-state index in [0.29, 0.717) is 5.76 Å². The van der Waals surface area contributed by atoms with Gasteiger partial charge in [-0.3, -0.25) is 0 Å². The number of benzene rings is 3. The average molecular weight is 396 g/mol. The minimum absolute atomic E-state index is 0.692. The van der Waals surface area contributed by atoms with E-state index < -0.39 is 0 Å². The summed E-state index contributed by atoms with van der Waals surface area (Å²) in [5.41, 5.74) is 5.66. The van der Waals surface area contributed by atoms with E-state index in [-0.39, 0.29) is 0 Å². The van der Waals surface area contributed by atoms with Gasteiger partial charge in [-0.15, -0.1) is 0 Å². The van der Waals surface area contributed by atoms with Crippen molar-refractivity contribution in [1.29, 1.82) is 0 Å². The van der Waals surface area contributed by atoms with Crippen molar-refractivity contribution in [3.05, 3.63) is 78.9 Å². The summed E-state index contributed by atoms with van der Waals surface area (Å²) in [6.45, 7) is 0. The van der Waals surface area contributed by atoms with Crippen molar-refractivity contribution in [1.82, 2.24) is 10.1 Å². The van der Waals surface area contributed by atoms with Crippen LogP contribution in [0.5, 0.6) is 11.5 Å². The van der Waals surface area contributed by atoms with E-state index in [1.807, 2.05) is 60.7 Å². The number of hydrogen-bond acceptors (Lipinski definition) is 4. The highest BCUT2D eigenvalue weighted by Crippen LogP contribution is 2.41. The zero-order chi connectivity index (χ0) is 20.5. The van der Waals surface area contributed by atoms with E-state index in [4.69, 9.17) is 14.0 Å². The number of fused-ring (bicyclic) bond motifs is 1. The van der Waals surface area contributed by atoms with Gasteiger partial charge in [0.1, 0.15) is 17.2 Å². The molecule has 0 saturated heterocycles. The van der Waals surface area contributed by atoms with E-state index in [0.717, 1.165) is 50.5 Å². The summed E-state index contributed by atoms with van der Waals surface area (Å²) in [4.78, 5) is 3.51. The maximum Gasteiger partial charge on any atom is 0.167 e. The standard InChI is InChI=1S/C25H20N2O3/c1-28-18-13-11-16(12-14-18)22-15-20(27-30-22)25-23(17-7-4-3-5-8-17)19-9-6-10-21(29-2)24(19)26-25/h3-15,26H,1-2H3. The smallest absolute Gasteiger partial charge is 0.167 e. The van der Waals surface area contributed by atoms with Crippen LogP contribution in [0, 0.1) is 0 Å². The highest BCUT2D eigenvalue weighted by atomic mass is 16.5. The molecule has 0 radical (unpaired) electrons. The van der Waals surface area contributed by atoms with E-state index in [1.165, 1.54) is 0 Å². The van der Waals surface area contributed by atoms with Gasteiger partial charge in [-0.2, -0.15) is 0 Å². The molecule has 0 bridgehead atoms. The minimum Gasteiger partial charge on any atom is -0.497 e. The lowest BCUT2D eigenvalue weighted by molar-refractivity contribution is 0.414. The van der Waals surface area contributed by atoms with Crippen LogP contribution in [0.2, 0.25) is 0 Å². The summed E-state index contributed by atoms with van der Waals surface area (Å²) in [6.07, 6.45) is 0. The summed E-state index contributed by atoms with van der Waals surface area (Å²) in [5.74, 6) is 2.28. The molecule has 2 aromatic heterocycles. The van der Waals surface area contributed by atoms with Crippen LogP contribution in [0.15, 0.2) is 83.4 Å². The molecule has 0 unspecified atom stereocenters. The van der Waals surface area contributed by atoms with Crippen LogP contribution < -0.4 is 9.47 Å². The number of aromatic amines is 1. The van der Waals surface area contributed by atoms with Crippen molar-refractivity contribution in [2.75, 3.05) is 14.2 Å². The van der Waals surface area contributed by atoms with Gasteiger partial charge in [0.25, 0.3) is 0 Å². The number of aromatic nitrogens is 2. The van der Waals surface area contributed by atoms with Gasteiger partial charge in [-0.25, -0.2) is 0 Å². The van der Waals surface area contributed by atoms with Crippen LogP contribution in [-0.4, -0.2) is 24.4 Å². The van der Waals surface area contributed by atoms with Gasteiger partial charge in [0.15, 0.2) is 5.76 Å². The van der Waals surface area contributed by atoms with Crippen molar-refractivity contribution in [2.45, 2.75) is 0 Å². The summed E-state index contributed by atoms with van der Waals surface area (Å²) in [7, 11) is 3.33. The number of rotatable bonds is 5. The third-order valence-electron chi connectivity index (χ3n) is 5.22. The van der Waals surface area contributed by atoms with Crippen LogP contribution in [0.1, 0.15) is 0 Å². The summed E-state index contributed by atoms with van der Waals surface area (Å²) in [6, 6.07) is 26.0. The Kier molecular flexibility index (Phi) is 4.48. The Hall–Kier alpha value is -3.99. The molecule has 5 heteroatoms. The molecule has 2 heterocycles. The molecule has 148 valence electrons. The van der Waals surface area contributed by atoms with E-state index in [2.05, 4.69) is 28.3 Å². The predicted octanol–water partition coefficient (Wildman–Crippen LogP) is 6.17. The Morgan fingerprint density at radius 3 is 2.33 bits per heavy atom. The molecule has 0 aliphatic heterocycles. The number of nitrogens with one attached hydrogen (secondary N) is 1. The van der Waals surface area contributed by atoms with Gasteiger partial charge in [0.05, 0.1) is 25.4 Å². The molecule has 0 fully saturated rings. The van der Waals surface area contributed by atoms with Gasteiger partial charge >= 0.3 is 0 Å². The molecule has 1 N–H and O–H groups in total. The van der Waals surface area contributed by atoms with Crippen LogP contribution in [-0.2, 0) is 0 Å². The first-order valence-electron chi connectivity index (χ1n) is 9.64. The second kappa shape index (κ2) is 7.44. The van der Waals surface area contributed by atoms with Gasteiger partial charge in [-0.05, 0) is 35.9 Å². The lowest BCUT2D eigenvalue weighted by Gasteiger charge is -2.03. The molecule has 5 rings (SSSR count). The molecule has 0 aliphatic rings. The maximum atomic E-state index is 5.68. The molecule has 0 saturated carbocycles. The molecule has 5 nitrogen and oxygen atoms in total. The summed E-state index contributed by atoms with van der Waals surface area (Å²) < 4.78 is 16.5. The number of para-hydroxylation sites is 1. The Morgan fingerprint density at radius 1 is 0.800 bits per heavy atom. The van der Waals surface area contributed by atoms with Crippen LogP contribution in [0.4, 0.5) is 0 Å². The quantitative estimate of drug-likeness (QED) is 0.386. The third kappa shape index (κ3) is 3.01. The molecule has 0 aliphatic carbocycles. The largest absolute Gasteiger partial charge is 0.497 e. The third-order valence-corrected chi connectivity index (χ3v) is 5.22. The molecule has 3 aromatic carbocycles. The first-order chi connectivity index (χ1) is 14.8. The number of ether oxygens (including phenoxy) is 2. The summed E-state index contributed by atoms with van der Waals surface area (Å²) in [5, 5.41) is 5.44. The fourth-order valence-corrected chi connectivity index (χ4v) is 3.74. The van der Waals surface area contributed by atoms with Crippen molar-refractivity contribution < 1.29 is 14.0 Å². The fourth-order valence-electron chi connectivity index (χ4n) is 3.74. The molecule has 0 atom stereocenters. The van der Waals surface area contributed by atoms with Crippen LogP contribution in [0.25, 0.3) is 44.7 Å². The van der Waals surface area contributed by atoms with Gasteiger partial charge in [0, 0.05) is 22.6 Å². The first kappa shape index (κ1) is 18.1. The van der Waals surface area contributed by atoms with Gasteiger partial charge in [-0.1, -0.05) is 47.6 Å². The molecule has 5 aromatic rings. The first-order valence-corrected chi connectivity index (χ1v) is 9.64. The van der Waals surface area contributed by atoms with Crippen molar-refractivity contribution in [3.8, 4) is 45.3 Å². The fraction of sp³-hybridized carbons (Fsp3) is 0.0800. The molecule has 0 amide bonds. The maximum absolute atomic E-state index is 5.68. The zero-order valence-electron chi connectivity index (χ0n) is 16.7. The predicted molar refractivity (Wildman–Crippen MR) is 118 cm³/mol. The Balaban J connectivity index is 1.68. The Morgan fingerprint density at radius 2 is 1.60 bits per heavy atom. The summed E-state index contributed by atoms with van der Waals surface area (Å²) >= 11 is 0. The molecular formula is C25H20N2O3. The van der Waals surface area contributed by atoms with Crippen LogP contribution in [0.3, 0.4) is 0 Å². The van der Waals surface area contributed by atoms with Crippen LogP contribution >= 0.6 is 0 Å². The van der Waals surface area contributed by atoms with E-state index in [9.17, 15) is 0 Å². The van der Waals surface area contributed by atoms with Gasteiger partial charge < -0.3 is 19.0 Å².